The number of hydrogen-bond acceptors (Lipinski definition) is 6. The molecule has 0 spiro atoms. The SMILES string of the molecule is CCN1CCN(CC(=O)Nc2cc(Oc3ccc(C)c(/N=C(\C)Nc4cc(C(F)(F)F)ccc4F)c3)ccn2)CC1. The van der Waals surface area contributed by atoms with E-state index in [9.17, 15) is 22.4 Å². The van der Waals surface area contributed by atoms with Crippen LogP contribution in [-0.4, -0.2) is 65.8 Å². The van der Waals surface area contributed by atoms with Crippen LogP contribution in [0.2, 0.25) is 0 Å². The van der Waals surface area contributed by atoms with E-state index in [1.165, 1.54) is 13.1 Å². The van der Waals surface area contributed by atoms with Gasteiger partial charge in [-0.05, 0) is 56.3 Å². The number of nitrogens with one attached hydrogen (secondary N) is 2. The van der Waals surface area contributed by atoms with Crippen molar-refractivity contribution in [1.29, 1.82) is 0 Å². The van der Waals surface area contributed by atoms with E-state index in [2.05, 4.69) is 37.3 Å². The molecule has 2 aromatic carbocycles. The number of amides is 1. The predicted octanol–water partition coefficient (Wildman–Crippen LogP) is 6.08. The van der Waals surface area contributed by atoms with Gasteiger partial charge in [-0.15, -0.1) is 0 Å². The van der Waals surface area contributed by atoms with Gasteiger partial charge >= 0.3 is 6.18 Å². The van der Waals surface area contributed by atoms with Crippen LogP contribution >= 0.6 is 0 Å². The van der Waals surface area contributed by atoms with Crippen molar-refractivity contribution >= 4 is 28.9 Å². The maximum absolute atomic E-state index is 14.2. The molecular formula is C29H32F4N6O2. The summed E-state index contributed by atoms with van der Waals surface area (Å²) in [4.78, 5) is 25.6. The van der Waals surface area contributed by atoms with E-state index in [4.69, 9.17) is 4.74 Å². The Labute approximate surface area is 236 Å². The number of alkyl halides is 3. The van der Waals surface area contributed by atoms with E-state index >= 15 is 0 Å². The summed E-state index contributed by atoms with van der Waals surface area (Å²) >= 11 is 0. The fourth-order valence-electron chi connectivity index (χ4n) is 4.30. The molecule has 0 radical (unpaired) electrons. The van der Waals surface area contributed by atoms with Crippen molar-refractivity contribution < 1.29 is 27.1 Å². The van der Waals surface area contributed by atoms with Crippen LogP contribution in [0.4, 0.5) is 34.8 Å². The number of carbonyl (C=O) groups excluding carboxylic acids is 1. The first-order valence-corrected chi connectivity index (χ1v) is 13.2. The second-order valence-electron chi connectivity index (χ2n) is 9.70. The monoisotopic (exact) mass is 572 g/mol. The van der Waals surface area contributed by atoms with Gasteiger partial charge in [-0.1, -0.05) is 13.0 Å². The molecule has 12 heteroatoms. The maximum Gasteiger partial charge on any atom is 0.416 e. The summed E-state index contributed by atoms with van der Waals surface area (Å²) in [6.45, 7) is 10.3. The van der Waals surface area contributed by atoms with Crippen molar-refractivity contribution in [2.45, 2.75) is 26.9 Å². The van der Waals surface area contributed by atoms with Crippen LogP contribution in [0.1, 0.15) is 25.0 Å². The number of rotatable bonds is 8. The molecule has 2 N–H and O–H groups in total. The Morgan fingerprint density at radius 1 is 1.00 bits per heavy atom. The Bertz CT molecular complexity index is 1400. The minimum Gasteiger partial charge on any atom is -0.457 e. The predicted molar refractivity (Wildman–Crippen MR) is 150 cm³/mol. The number of amidine groups is 1. The number of nitrogens with zero attached hydrogens (tertiary/aromatic N) is 4. The highest BCUT2D eigenvalue weighted by Crippen LogP contribution is 2.32. The number of benzene rings is 2. The van der Waals surface area contributed by atoms with E-state index < -0.39 is 17.6 Å². The molecule has 1 fully saturated rings. The molecule has 0 saturated carbocycles. The summed E-state index contributed by atoms with van der Waals surface area (Å²) < 4.78 is 59.3. The number of aromatic nitrogens is 1. The van der Waals surface area contributed by atoms with Crippen molar-refractivity contribution in [2.75, 3.05) is 49.9 Å². The molecule has 1 aliphatic heterocycles. The first-order chi connectivity index (χ1) is 19.5. The van der Waals surface area contributed by atoms with Gasteiger partial charge in [-0.25, -0.2) is 14.4 Å². The first-order valence-electron chi connectivity index (χ1n) is 13.2. The van der Waals surface area contributed by atoms with Gasteiger partial charge in [0.25, 0.3) is 0 Å². The van der Waals surface area contributed by atoms with Crippen molar-refractivity contribution in [3.8, 4) is 11.5 Å². The molecule has 3 aromatic rings. The number of aryl methyl sites for hydroxylation is 1. The Kier molecular flexibility index (Phi) is 9.56. The van der Waals surface area contributed by atoms with Crippen molar-refractivity contribution in [3.05, 3.63) is 71.7 Å². The quantitative estimate of drug-likeness (QED) is 0.194. The number of aliphatic imine (C=N–C) groups is 1. The summed E-state index contributed by atoms with van der Waals surface area (Å²) in [5, 5.41) is 5.42. The van der Waals surface area contributed by atoms with E-state index in [0.717, 1.165) is 44.4 Å². The van der Waals surface area contributed by atoms with Crippen LogP contribution in [0.3, 0.4) is 0 Å². The lowest BCUT2D eigenvalue weighted by atomic mass is 10.2. The van der Waals surface area contributed by atoms with Gasteiger partial charge in [0.2, 0.25) is 5.91 Å². The summed E-state index contributed by atoms with van der Waals surface area (Å²) in [7, 11) is 0. The third-order valence-corrected chi connectivity index (χ3v) is 6.59. The van der Waals surface area contributed by atoms with Crippen LogP contribution in [-0.2, 0) is 11.0 Å². The Balaban J connectivity index is 1.41. The molecule has 1 saturated heterocycles. The second-order valence-corrected chi connectivity index (χ2v) is 9.70. The number of carbonyl (C=O) groups is 1. The number of likely N-dealkylation sites (N-methyl/N-ethyl adjacent to an activating group) is 1. The molecular weight excluding hydrogens is 540 g/mol. The minimum atomic E-state index is -4.60. The van der Waals surface area contributed by atoms with Gasteiger partial charge in [0, 0.05) is 44.5 Å². The molecule has 218 valence electrons. The van der Waals surface area contributed by atoms with E-state index in [1.807, 2.05) is 6.92 Å². The maximum atomic E-state index is 14.2. The molecule has 8 nitrogen and oxygen atoms in total. The van der Waals surface area contributed by atoms with Crippen LogP contribution < -0.4 is 15.4 Å². The Morgan fingerprint density at radius 3 is 2.41 bits per heavy atom. The molecule has 4 rings (SSSR count). The Hall–Kier alpha value is -4.03. The number of halogens is 4. The van der Waals surface area contributed by atoms with Crippen LogP contribution in [0.15, 0.2) is 59.7 Å². The first kappa shape index (κ1) is 29.9. The molecule has 0 unspecified atom stereocenters. The molecule has 0 bridgehead atoms. The fourth-order valence-corrected chi connectivity index (χ4v) is 4.30. The standard InChI is InChI=1S/C29H32F4N6O2/c1-4-38-11-13-39(14-12-38)18-28(40)37-27-17-23(9-10-34-27)41-22-7-5-19(2)25(16-22)35-20(3)36-26-15-21(29(31,32)33)6-8-24(26)30/h5-10,15-17H,4,11-14,18H2,1-3H3,(H,35,36)(H,34,37,40). The lowest BCUT2D eigenvalue weighted by Gasteiger charge is -2.33. The summed E-state index contributed by atoms with van der Waals surface area (Å²) in [5.41, 5.74) is -0.0553. The van der Waals surface area contributed by atoms with Gasteiger partial charge in [0.05, 0.1) is 23.5 Å². The highest BCUT2D eigenvalue weighted by Gasteiger charge is 2.31. The third kappa shape index (κ3) is 8.48. The van der Waals surface area contributed by atoms with Crippen LogP contribution in [0.5, 0.6) is 11.5 Å². The zero-order chi connectivity index (χ0) is 29.6. The number of hydrogen-bond donors (Lipinski definition) is 2. The number of piperazine rings is 1. The van der Waals surface area contributed by atoms with Crippen molar-refractivity contribution in [2.24, 2.45) is 4.99 Å². The van der Waals surface area contributed by atoms with Gasteiger partial charge in [-0.2, -0.15) is 13.2 Å². The highest BCUT2D eigenvalue weighted by atomic mass is 19.4. The molecule has 1 amide bonds. The lowest BCUT2D eigenvalue weighted by molar-refractivity contribution is -0.137. The van der Waals surface area contributed by atoms with E-state index in [-0.39, 0.29) is 24.0 Å². The zero-order valence-electron chi connectivity index (χ0n) is 23.1. The average molecular weight is 573 g/mol. The smallest absolute Gasteiger partial charge is 0.416 e. The molecule has 41 heavy (non-hydrogen) atoms. The fraction of sp³-hybridized carbons (Fsp3) is 0.345. The van der Waals surface area contributed by atoms with Crippen LogP contribution in [0, 0.1) is 12.7 Å². The van der Waals surface area contributed by atoms with Gasteiger partial charge < -0.3 is 20.3 Å². The third-order valence-electron chi connectivity index (χ3n) is 6.59. The molecule has 0 atom stereocenters. The van der Waals surface area contributed by atoms with Crippen molar-refractivity contribution in [3.63, 3.8) is 0 Å². The minimum absolute atomic E-state index is 0.160. The van der Waals surface area contributed by atoms with Gasteiger partial charge in [0.15, 0.2) is 0 Å². The van der Waals surface area contributed by atoms with Crippen molar-refractivity contribution in [1.82, 2.24) is 14.8 Å². The topological polar surface area (TPSA) is 82.1 Å². The van der Waals surface area contributed by atoms with E-state index in [1.54, 1.807) is 30.3 Å². The van der Waals surface area contributed by atoms with Crippen LogP contribution in [0.25, 0.3) is 0 Å². The average Bonchev–Trinajstić information content (AvgIpc) is 2.92. The van der Waals surface area contributed by atoms with Gasteiger partial charge in [0.1, 0.15) is 29.0 Å². The molecule has 0 aliphatic carbocycles. The molecule has 2 heterocycles. The summed E-state index contributed by atoms with van der Waals surface area (Å²) in [6, 6.07) is 10.6. The second kappa shape index (κ2) is 13.1. The lowest BCUT2D eigenvalue weighted by Crippen LogP contribution is -2.48. The normalized spacial score (nSPS) is 15.0. The van der Waals surface area contributed by atoms with Gasteiger partial charge in [-0.3, -0.25) is 9.69 Å². The number of ether oxygens (including phenoxy) is 1. The van der Waals surface area contributed by atoms with E-state index in [0.29, 0.717) is 35.1 Å². The number of anilines is 2. The number of pyridine rings is 1. The Morgan fingerprint density at radius 2 is 1.71 bits per heavy atom. The molecule has 1 aromatic heterocycles. The molecule has 1 aliphatic rings. The highest BCUT2D eigenvalue weighted by molar-refractivity contribution is 5.95. The zero-order valence-corrected chi connectivity index (χ0v) is 23.1. The largest absolute Gasteiger partial charge is 0.457 e. The summed E-state index contributed by atoms with van der Waals surface area (Å²) in [5.74, 6) is 0.422. The summed E-state index contributed by atoms with van der Waals surface area (Å²) in [6.07, 6.45) is -3.08.